The van der Waals surface area contributed by atoms with Crippen molar-refractivity contribution < 1.29 is 14.3 Å². The molecule has 1 heterocycles. The number of hydrogen-bond acceptors (Lipinski definition) is 3. The van der Waals surface area contributed by atoms with E-state index < -0.39 is 0 Å². The molecular formula is C24H42O3. The van der Waals surface area contributed by atoms with Crippen LogP contribution in [0, 0.1) is 27.6 Å². The van der Waals surface area contributed by atoms with Gasteiger partial charge in [-0.3, -0.25) is 9.59 Å². The molecule has 0 bridgehead atoms. The Balaban J connectivity index is 3.09. The van der Waals surface area contributed by atoms with Gasteiger partial charge < -0.3 is 4.74 Å². The molecule has 0 aromatic rings. The number of hydrogen-bond donors (Lipinski definition) is 0. The number of rotatable bonds is 8. The molecule has 1 aliphatic rings. The summed E-state index contributed by atoms with van der Waals surface area (Å²) in [7, 11) is 0. The van der Waals surface area contributed by atoms with E-state index in [-0.39, 0.29) is 45.9 Å². The zero-order valence-electron chi connectivity index (χ0n) is 19.4. The number of esters is 2. The fourth-order valence-electron chi connectivity index (χ4n) is 4.54. The number of ether oxygens (including phenoxy) is 1. The quantitative estimate of drug-likeness (QED) is 0.268. The second-order valence-electron chi connectivity index (χ2n) is 10.9. The standard InChI is InChI=1S/C24H42O3/c1-11-23(9,15-17(3)13-18-14-19(25)27-20(18)26)22(7,8)16-24(10,12-2)21(4,5)6/h15,18H,11-14,16H2,1-10H3/b17-15+. The molecule has 3 heteroatoms. The molecule has 3 nitrogen and oxygen atoms in total. The lowest BCUT2D eigenvalue weighted by Crippen LogP contribution is -2.42. The summed E-state index contributed by atoms with van der Waals surface area (Å²) in [4.78, 5) is 23.2. The summed E-state index contributed by atoms with van der Waals surface area (Å²) in [5.74, 6) is -1.06. The third kappa shape index (κ3) is 5.23. The molecule has 1 fully saturated rings. The number of carbonyl (C=O) groups is 2. The lowest BCUT2D eigenvalue weighted by Gasteiger charge is -2.52. The Kier molecular flexibility index (Phi) is 7.17. The van der Waals surface area contributed by atoms with E-state index in [1.807, 2.05) is 0 Å². The highest BCUT2D eigenvalue weighted by molar-refractivity contribution is 5.94. The molecule has 0 spiro atoms. The Morgan fingerprint density at radius 2 is 1.59 bits per heavy atom. The van der Waals surface area contributed by atoms with Crippen LogP contribution in [0.25, 0.3) is 0 Å². The first-order valence-corrected chi connectivity index (χ1v) is 10.5. The van der Waals surface area contributed by atoms with Crippen LogP contribution >= 0.6 is 0 Å². The van der Waals surface area contributed by atoms with Gasteiger partial charge in [-0.1, -0.05) is 80.4 Å². The highest BCUT2D eigenvalue weighted by Crippen LogP contribution is 2.55. The normalized spacial score (nSPS) is 23.8. The average Bonchev–Trinajstić information content (AvgIpc) is 2.82. The van der Waals surface area contributed by atoms with Crippen molar-refractivity contribution in [3.05, 3.63) is 11.6 Å². The maximum atomic E-state index is 11.8. The molecule has 156 valence electrons. The van der Waals surface area contributed by atoms with Gasteiger partial charge in [-0.2, -0.15) is 0 Å². The fraction of sp³-hybridized carbons (Fsp3) is 0.833. The molecule has 0 N–H and O–H groups in total. The van der Waals surface area contributed by atoms with Gasteiger partial charge in [0.1, 0.15) is 0 Å². The van der Waals surface area contributed by atoms with E-state index in [4.69, 9.17) is 4.74 Å². The van der Waals surface area contributed by atoms with E-state index in [0.29, 0.717) is 6.42 Å². The molecule has 3 unspecified atom stereocenters. The molecule has 3 atom stereocenters. The van der Waals surface area contributed by atoms with Gasteiger partial charge in [0.05, 0.1) is 12.3 Å². The van der Waals surface area contributed by atoms with E-state index in [2.05, 4.69) is 75.3 Å². The summed E-state index contributed by atoms with van der Waals surface area (Å²) < 4.78 is 4.71. The molecular weight excluding hydrogens is 336 g/mol. The van der Waals surface area contributed by atoms with E-state index in [0.717, 1.165) is 19.3 Å². The van der Waals surface area contributed by atoms with Crippen LogP contribution in [0.5, 0.6) is 0 Å². The van der Waals surface area contributed by atoms with E-state index in [1.54, 1.807) is 0 Å². The van der Waals surface area contributed by atoms with Gasteiger partial charge in [0.25, 0.3) is 0 Å². The maximum absolute atomic E-state index is 11.8. The van der Waals surface area contributed by atoms with Crippen molar-refractivity contribution in [1.29, 1.82) is 0 Å². The average molecular weight is 379 g/mol. The predicted molar refractivity (Wildman–Crippen MR) is 112 cm³/mol. The van der Waals surface area contributed by atoms with Crippen LogP contribution in [0.3, 0.4) is 0 Å². The molecule has 0 aliphatic carbocycles. The molecule has 0 radical (unpaired) electrons. The van der Waals surface area contributed by atoms with Crippen molar-refractivity contribution in [2.75, 3.05) is 0 Å². The van der Waals surface area contributed by atoms with Crippen LogP contribution in [0.4, 0.5) is 0 Å². The van der Waals surface area contributed by atoms with Crippen molar-refractivity contribution >= 4 is 11.9 Å². The van der Waals surface area contributed by atoms with Crippen molar-refractivity contribution in [2.45, 2.75) is 101 Å². The molecule has 1 aliphatic heterocycles. The minimum Gasteiger partial charge on any atom is -0.393 e. The van der Waals surface area contributed by atoms with Gasteiger partial charge in [0.2, 0.25) is 0 Å². The van der Waals surface area contributed by atoms with Crippen LogP contribution in [0.1, 0.15) is 101 Å². The minimum absolute atomic E-state index is 0.0191. The Morgan fingerprint density at radius 3 is 1.96 bits per heavy atom. The van der Waals surface area contributed by atoms with Crippen molar-refractivity contribution in [2.24, 2.45) is 27.6 Å². The highest BCUT2D eigenvalue weighted by atomic mass is 16.6. The molecule has 0 amide bonds. The van der Waals surface area contributed by atoms with Crippen LogP contribution in [-0.2, 0) is 14.3 Å². The van der Waals surface area contributed by atoms with Crippen molar-refractivity contribution in [1.82, 2.24) is 0 Å². The summed E-state index contributed by atoms with van der Waals surface area (Å²) in [6.45, 7) is 23.2. The summed E-state index contributed by atoms with van der Waals surface area (Å²) >= 11 is 0. The van der Waals surface area contributed by atoms with E-state index >= 15 is 0 Å². The largest absolute Gasteiger partial charge is 0.393 e. The Bertz CT molecular complexity index is 593. The molecule has 0 saturated carbocycles. The van der Waals surface area contributed by atoms with Crippen LogP contribution in [0.15, 0.2) is 11.6 Å². The number of cyclic esters (lactones) is 2. The van der Waals surface area contributed by atoms with Gasteiger partial charge >= 0.3 is 11.9 Å². The van der Waals surface area contributed by atoms with Crippen LogP contribution < -0.4 is 0 Å². The third-order valence-electron chi connectivity index (χ3n) is 7.80. The minimum atomic E-state index is -0.389. The Hall–Kier alpha value is -1.12. The summed E-state index contributed by atoms with van der Waals surface area (Å²) in [6, 6.07) is 0. The van der Waals surface area contributed by atoms with Gasteiger partial charge in [-0.15, -0.1) is 0 Å². The van der Waals surface area contributed by atoms with E-state index in [1.165, 1.54) is 5.57 Å². The fourth-order valence-corrected chi connectivity index (χ4v) is 4.54. The highest BCUT2D eigenvalue weighted by Gasteiger charge is 2.46. The monoisotopic (exact) mass is 378 g/mol. The zero-order chi connectivity index (χ0) is 21.3. The van der Waals surface area contributed by atoms with Gasteiger partial charge in [0.15, 0.2) is 0 Å². The Labute approximate surface area is 167 Å². The topological polar surface area (TPSA) is 43.4 Å². The summed E-state index contributed by atoms with van der Waals surface area (Å²) in [5.41, 5.74) is 1.78. The van der Waals surface area contributed by atoms with Gasteiger partial charge in [0, 0.05) is 0 Å². The number of carbonyl (C=O) groups excluding carboxylic acids is 2. The first-order chi connectivity index (χ1) is 12.1. The molecule has 1 rings (SSSR count). The lowest BCUT2D eigenvalue weighted by atomic mass is 9.53. The lowest BCUT2D eigenvalue weighted by molar-refractivity contribution is -0.153. The predicted octanol–water partition coefficient (Wildman–Crippen LogP) is 6.71. The van der Waals surface area contributed by atoms with Gasteiger partial charge in [-0.05, 0) is 47.8 Å². The molecule has 27 heavy (non-hydrogen) atoms. The first kappa shape index (κ1) is 23.9. The Morgan fingerprint density at radius 1 is 1.04 bits per heavy atom. The maximum Gasteiger partial charge on any atom is 0.317 e. The molecule has 1 saturated heterocycles. The first-order valence-electron chi connectivity index (χ1n) is 10.5. The van der Waals surface area contributed by atoms with Crippen molar-refractivity contribution in [3.8, 4) is 0 Å². The SMILES string of the molecule is CCC(C)(/C=C(\C)CC1CC(=O)OC1=O)C(C)(C)CC(C)(CC)C(C)(C)C. The van der Waals surface area contributed by atoms with Crippen molar-refractivity contribution in [3.63, 3.8) is 0 Å². The second-order valence-corrected chi connectivity index (χ2v) is 10.9. The van der Waals surface area contributed by atoms with Crippen LogP contribution in [0.2, 0.25) is 0 Å². The molecule has 0 aromatic heterocycles. The third-order valence-corrected chi connectivity index (χ3v) is 7.80. The summed E-state index contributed by atoms with van der Waals surface area (Å²) in [6.07, 6.45) is 6.52. The van der Waals surface area contributed by atoms with Gasteiger partial charge in [-0.25, -0.2) is 0 Å². The second kappa shape index (κ2) is 8.09. The van der Waals surface area contributed by atoms with Crippen LogP contribution in [-0.4, -0.2) is 11.9 Å². The summed E-state index contributed by atoms with van der Waals surface area (Å²) in [5, 5.41) is 0. The smallest absolute Gasteiger partial charge is 0.317 e. The number of allylic oxidation sites excluding steroid dienone is 2. The van der Waals surface area contributed by atoms with E-state index in [9.17, 15) is 9.59 Å². The molecule has 0 aromatic carbocycles. The zero-order valence-corrected chi connectivity index (χ0v) is 19.4.